The second-order valence-corrected chi connectivity index (χ2v) is 5.27. The Hall–Kier alpha value is -2.79. The van der Waals surface area contributed by atoms with Gasteiger partial charge in [-0.25, -0.2) is 14.9 Å². The van der Waals surface area contributed by atoms with Gasteiger partial charge in [-0.2, -0.15) is 0 Å². The fourth-order valence-corrected chi connectivity index (χ4v) is 2.61. The fourth-order valence-electron chi connectivity index (χ4n) is 2.44. The lowest BCUT2D eigenvalue weighted by Crippen LogP contribution is -2.29. The minimum absolute atomic E-state index is 0.0589. The summed E-state index contributed by atoms with van der Waals surface area (Å²) in [6, 6.07) is 13.7. The van der Waals surface area contributed by atoms with Crippen LogP contribution in [0.15, 0.2) is 48.5 Å². The zero-order valence-corrected chi connectivity index (χ0v) is 11.9. The van der Waals surface area contributed by atoms with E-state index in [1.54, 1.807) is 42.5 Å². The molecule has 0 aliphatic carbocycles. The number of imide groups is 1. The Balaban J connectivity index is 1.91. The van der Waals surface area contributed by atoms with Crippen molar-refractivity contribution in [2.75, 3.05) is 4.90 Å². The van der Waals surface area contributed by atoms with Crippen LogP contribution in [-0.2, 0) is 0 Å². The van der Waals surface area contributed by atoms with E-state index in [-0.39, 0.29) is 11.4 Å². The van der Waals surface area contributed by atoms with Gasteiger partial charge in [0.05, 0.1) is 16.7 Å². The van der Waals surface area contributed by atoms with E-state index in [9.17, 15) is 9.59 Å². The van der Waals surface area contributed by atoms with E-state index in [0.29, 0.717) is 21.7 Å². The lowest BCUT2D eigenvalue weighted by Gasteiger charge is -2.12. The highest BCUT2D eigenvalue weighted by atomic mass is 35.5. The van der Waals surface area contributed by atoms with Crippen molar-refractivity contribution in [3.63, 3.8) is 0 Å². The first-order chi connectivity index (χ1) is 10.6. The summed E-state index contributed by atoms with van der Waals surface area (Å²) in [5, 5.41) is 0.499. The van der Waals surface area contributed by atoms with Crippen molar-refractivity contribution in [3.8, 4) is 0 Å². The molecule has 0 saturated heterocycles. The van der Waals surface area contributed by atoms with Crippen LogP contribution in [0.4, 0.5) is 5.69 Å². The number of nitrogens with zero attached hydrogens (tertiary/aromatic N) is 3. The van der Waals surface area contributed by atoms with Gasteiger partial charge in [0.1, 0.15) is 0 Å². The van der Waals surface area contributed by atoms with Gasteiger partial charge in [-0.15, -0.1) is 0 Å². The Morgan fingerprint density at radius 2 is 1.45 bits per heavy atom. The highest BCUT2D eigenvalue weighted by Crippen LogP contribution is 2.28. The SMILES string of the molecule is O=C1c2nc3ccc(Cl)cc3nc2C(=O)N1c1ccccc1. The molecular formula is C16H8ClN3O2. The molecule has 4 rings (SSSR count). The largest absolute Gasteiger partial charge is 0.286 e. The Kier molecular flexibility index (Phi) is 2.71. The van der Waals surface area contributed by atoms with Gasteiger partial charge in [0.25, 0.3) is 11.8 Å². The molecule has 0 radical (unpaired) electrons. The average molecular weight is 310 g/mol. The van der Waals surface area contributed by atoms with Crippen LogP contribution >= 0.6 is 11.6 Å². The third kappa shape index (κ3) is 1.79. The third-order valence-electron chi connectivity index (χ3n) is 3.45. The molecule has 5 nitrogen and oxygen atoms in total. The number of carbonyl (C=O) groups is 2. The first-order valence-electron chi connectivity index (χ1n) is 6.56. The molecule has 2 amide bonds. The third-order valence-corrected chi connectivity index (χ3v) is 3.69. The summed E-state index contributed by atoms with van der Waals surface area (Å²) in [6.07, 6.45) is 0. The van der Waals surface area contributed by atoms with Crippen molar-refractivity contribution < 1.29 is 9.59 Å². The average Bonchev–Trinajstić information content (AvgIpc) is 2.77. The molecule has 0 N–H and O–H groups in total. The molecule has 3 aromatic rings. The Labute approximate surface area is 130 Å². The van der Waals surface area contributed by atoms with E-state index in [1.165, 1.54) is 0 Å². The molecule has 1 aliphatic rings. The van der Waals surface area contributed by atoms with Crippen molar-refractivity contribution in [3.05, 3.63) is 64.9 Å². The second kappa shape index (κ2) is 4.61. The van der Waals surface area contributed by atoms with Gasteiger partial charge in [-0.3, -0.25) is 9.59 Å². The molecule has 1 aromatic heterocycles. The molecule has 0 saturated carbocycles. The predicted octanol–water partition coefficient (Wildman–Crippen LogP) is 3.08. The number of aromatic nitrogens is 2. The molecule has 106 valence electrons. The lowest BCUT2D eigenvalue weighted by atomic mass is 10.2. The molecule has 22 heavy (non-hydrogen) atoms. The summed E-state index contributed by atoms with van der Waals surface area (Å²) in [4.78, 5) is 34.6. The molecule has 0 fully saturated rings. The van der Waals surface area contributed by atoms with Crippen LogP contribution in [0.2, 0.25) is 5.02 Å². The van der Waals surface area contributed by atoms with Crippen molar-refractivity contribution in [2.24, 2.45) is 0 Å². The molecule has 6 heteroatoms. The smallest absolute Gasteiger partial charge is 0.266 e. The fraction of sp³-hybridized carbons (Fsp3) is 0. The predicted molar refractivity (Wildman–Crippen MR) is 82.1 cm³/mol. The van der Waals surface area contributed by atoms with Crippen LogP contribution in [0, 0.1) is 0 Å². The van der Waals surface area contributed by atoms with Crippen molar-refractivity contribution in [2.45, 2.75) is 0 Å². The molecule has 0 spiro atoms. The van der Waals surface area contributed by atoms with E-state index in [1.807, 2.05) is 6.07 Å². The minimum atomic E-state index is -0.472. The lowest BCUT2D eigenvalue weighted by molar-refractivity contribution is 0.0923. The number of hydrogen-bond acceptors (Lipinski definition) is 4. The molecule has 2 heterocycles. The maximum atomic E-state index is 12.5. The van der Waals surface area contributed by atoms with Gasteiger partial charge in [0.2, 0.25) is 0 Å². The monoisotopic (exact) mass is 309 g/mol. The molecular weight excluding hydrogens is 302 g/mol. The van der Waals surface area contributed by atoms with E-state index in [0.717, 1.165) is 4.90 Å². The van der Waals surface area contributed by atoms with E-state index in [2.05, 4.69) is 9.97 Å². The zero-order valence-electron chi connectivity index (χ0n) is 11.2. The van der Waals surface area contributed by atoms with Gasteiger partial charge in [0.15, 0.2) is 11.4 Å². The van der Waals surface area contributed by atoms with Crippen molar-refractivity contribution in [1.29, 1.82) is 0 Å². The maximum Gasteiger partial charge on any atom is 0.286 e. The topological polar surface area (TPSA) is 63.2 Å². The molecule has 0 atom stereocenters. The summed E-state index contributed by atoms with van der Waals surface area (Å²) in [5.74, 6) is -0.934. The highest BCUT2D eigenvalue weighted by Gasteiger charge is 2.39. The number of fused-ring (bicyclic) bond motifs is 2. The number of anilines is 1. The first kappa shape index (κ1) is 12.9. The van der Waals surface area contributed by atoms with E-state index >= 15 is 0 Å². The zero-order chi connectivity index (χ0) is 15.3. The number of hydrogen-bond donors (Lipinski definition) is 0. The number of carbonyl (C=O) groups excluding carboxylic acids is 2. The van der Waals surface area contributed by atoms with E-state index in [4.69, 9.17) is 11.6 Å². The molecule has 2 aromatic carbocycles. The minimum Gasteiger partial charge on any atom is -0.266 e. The normalized spacial score (nSPS) is 13.8. The van der Waals surface area contributed by atoms with Gasteiger partial charge in [0, 0.05) is 5.02 Å². The molecule has 1 aliphatic heterocycles. The standard InChI is InChI=1S/C16H8ClN3O2/c17-9-6-7-11-12(8-9)19-14-13(18-11)15(21)20(16(14)22)10-4-2-1-3-5-10/h1-8H. The van der Waals surface area contributed by atoms with Gasteiger partial charge in [-0.1, -0.05) is 29.8 Å². The Bertz CT molecular complexity index is 941. The van der Waals surface area contributed by atoms with E-state index < -0.39 is 11.8 Å². The van der Waals surface area contributed by atoms with Crippen LogP contribution in [0.25, 0.3) is 11.0 Å². The van der Waals surface area contributed by atoms with Gasteiger partial charge in [-0.05, 0) is 30.3 Å². The number of halogens is 1. The molecule has 0 unspecified atom stereocenters. The summed E-state index contributed by atoms with van der Waals surface area (Å²) in [5.41, 5.74) is 1.65. The number of amides is 2. The number of rotatable bonds is 1. The van der Waals surface area contributed by atoms with Crippen LogP contribution in [-0.4, -0.2) is 21.8 Å². The maximum absolute atomic E-state index is 12.5. The quantitative estimate of drug-likeness (QED) is 0.648. The summed E-state index contributed by atoms with van der Waals surface area (Å²) < 4.78 is 0. The van der Waals surface area contributed by atoms with Crippen molar-refractivity contribution in [1.82, 2.24) is 9.97 Å². The second-order valence-electron chi connectivity index (χ2n) is 4.84. The summed E-state index contributed by atoms with van der Waals surface area (Å²) in [7, 11) is 0. The number of benzene rings is 2. The first-order valence-corrected chi connectivity index (χ1v) is 6.94. The van der Waals surface area contributed by atoms with Crippen LogP contribution in [0.5, 0.6) is 0 Å². The van der Waals surface area contributed by atoms with Crippen LogP contribution < -0.4 is 4.90 Å². The van der Waals surface area contributed by atoms with Crippen LogP contribution in [0.1, 0.15) is 21.0 Å². The van der Waals surface area contributed by atoms with Gasteiger partial charge < -0.3 is 0 Å². The van der Waals surface area contributed by atoms with Crippen LogP contribution in [0.3, 0.4) is 0 Å². The summed E-state index contributed by atoms with van der Waals surface area (Å²) in [6.45, 7) is 0. The van der Waals surface area contributed by atoms with Crippen molar-refractivity contribution >= 4 is 40.1 Å². The number of para-hydroxylation sites is 1. The molecule has 0 bridgehead atoms. The van der Waals surface area contributed by atoms with Gasteiger partial charge >= 0.3 is 0 Å². The Morgan fingerprint density at radius 1 is 0.818 bits per heavy atom. The Morgan fingerprint density at radius 3 is 2.14 bits per heavy atom. The highest BCUT2D eigenvalue weighted by molar-refractivity contribution is 6.34. The summed E-state index contributed by atoms with van der Waals surface area (Å²) >= 11 is 5.93.